The van der Waals surface area contributed by atoms with Crippen LogP contribution in [0.15, 0.2) is 52.2 Å². The molecule has 0 spiro atoms. The van der Waals surface area contributed by atoms with Crippen molar-refractivity contribution in [3.05, 3.63) is 74.1 Å². The normalized spacial score (nSPS) is 16.0. The molecule has 1 saturated heterocycles. The van der Waals surface area contributed by atoms with Gasteiger partial charge in [0.2, 0.25) is 5.95 Å². The fraction of sp³-hybridized carbons (Fsp3) is 0.150. The second-order valence-electron chi connectivity index (χ2n) is 7.50. The van der Waals surface area contributed by atoms with Gasteiger partial charge in [-0.1, -0.05) is 29.8 Å². The van der Waals surface area contributed by atoms with Crippen LogP contribution in [0, 0.1) is 0 Å². The average Bonchev–Trinajstić information content (AvgIpc) is 3.30. The first kappa shape index (κ1) is 18.6. The summed E-state index contributed by atoms with van der Waals surface area (Å²) < 4.78 is 3.05. The second kappa shape index (κ2) is 6.69. The first-order valence-corrected chi connectivity index (χ1v) is 10.3. The number of benzene rings is 1. The molecule has 1 aliphatic heterocycles. The number of nitrogens with zero attached hydrogens (tertiary/aromatic N) is 6. The van der Waals surface area contributed by atoms with Gasteiger partial charge in [-0.2, -0.15) is 15.1 Å². The number of H-pyrrole nitrogens is 2. The molecule has 5 heterocycles. The zero-order chi connectivity index (χ0) is 22.0. The van der Waals surface area contributed by atoms with Crippen LogP contribution >= 0.6 is 11.6 Å². The van der Waals surface area contributed by atoms with Crippen LogP contribution < -0.4 is 21.8 Å². The number of anilines is 2. The Bertz CT molecular complexity index is 1620. The molecule has 4 N–H and O–H groups in total. The van der Waals surface area contributed by atoms with Crippen molar-refractivity contribution in [1.82, 2.24) is 34.3 Å². The minimum atomic E-state index is -0.346. The standard InChI is InChI=1S/C20H16ClN9O2/c21-11-6-9-29-14(11)19(32)30(10-4-2-1-3-5-10)16(27-29)12-7-8-28(12)17-13-15(23-20(22)24-17)25-26-18(13)31/h1-6,9,12H,7-8H2,(H4,22,23,24,25,26,31). The van der Waals surface area contributed by atoms with E-state index >= 15 is 0 Å². The first-order valence-electron chi connectivity index (χ1n) is 9.88. The third-order valence-electron chi connectivity index (χ3n) is 5.70. The summed E-state index contributed by atoms with van der Waals surface area (Å²) in [7, 11) is 0. The van der Waals surface area contributed by atoms with Crippen LogP contribution in [0.1, 0.15) is 18.3 Å². The lowest BCUT2D eigenvalue weighted by atomic mass is 10.0. The third-order valence-corrected chi connectivity index (χ3v) is 6.00. The summed E-state index contributed by atoms with van der Waals surface area (Å²) in [4.78, 5) is 36.2. The van der Waals surface area contributed by atoms with Gasteiger partial charge in [0.1, 0.15) is 16.7 Å². The fourth-order valence-electron chi connectivity index (χ4n) is 4.15. The van der Waals surface area contributed by atoms with Gasteiger partial charge in [0.15, 0.2) is 11.5 Å². The predicted molar refractivity (Wildman–Crippen MR) is 119 cm³/mol. The number of fused-ring (bicyclic) bond motifs is 2. The Balaban J connectivity index is 1.59. The van der Waals surface area contributed by atoms with E-state index < -0.39 is 0 Å². The quantitative estimate of drug-likeness (QED) is 0.380. The SMILES string of the molecule is Nc1nc(N2CCC2c2nn3ccc(Cl)c3c(=O)n2-c2ccccc2)c2c(=O)[nH][nH]c2n1. The highest BCUT2D eigenvalue weighted by Gasteiger charge is 2.37. The Morgan fingerprint density at radius 2 is 1.91 bits per heavy atom. The van der Waals surface area contributed by atoms with Crippen LogP contribution in [-0.2, 0) is 0 Å². The van der Waals surface area contributed by atoms with Crippen molar-refractivity contribution in [3.8, 4) is 5.69 Å². The number of para-hydroxylation sites is 1. The molecular formula is C20H16ClN9O2. The predicted octanol–water partition coefficient (Wildman–Crippen LogP) is 1.63. The number of nitrogens with one attached hydrogen (secondary N) is 2. The third kappa shape index (κ3) is 2.57. The van der Waals surface area contributed by atoms with Crippen LogP contribution in [0.25, 0.3) is 22.2 Å². The Morgan fingerprint density at radius 1 is 1.09 bits per heavy atom. The van der Waals surface area contributed by atoms with Crippen molar-refractivity contribution < 1.29 is 0 Å². The topological polar surface area (TPSA) is 143 Å². The van der Waals surface area contributed by atoms with Crippen LogP contribution in [-0.4, -0.2) is 40.9 Å². The number of nitrogens with two attached hydrogens (primary N) is 1. The number of halogens is 1. The van der Waals surface area contributed by atoms with E-state index in [4.69, 9.17) is 22.4 Å². The van der Waals surface area contributed by atoms with Crippen molar-refractivity contribution in [2.75, 3.05) is 17.2 Å². The van der Waals surface area contributed by atoms with Crippen molar-refractivity contribution in [2.24, 2.45) is 0 Å². The molecule has 5 aromatic rings. The van der Waals surface area contributed by atoms with Gasteiger partial charge in [0, 0.05) is 12.7 Å². The Labute approximate surface area is 184 Å². The molecule has 6 rings (SSSR count). The van der Waals surface area contributed by atoms with Gasteiger partial charge in [-0.25, -0.2) is 4.52 Å². The lowest BCUT2D eigenvalue weighted by Gasteiger charge is -2.41. The van der Waals surface area contributed by atoms with Gasteiger partial charge in [0.05, 0.1) is 16.8 Å². The van der Waals surface area contributed by atoms with Crippen LogP contribution in [0.3, 0.4) is 0 Å². The summed E-state index contributed by atoms with van der Waals surface area (Å²) in [5.41, 5.74) is 6.54. The summed E-state index contributed by atoms with van der Waals surface area (Å²) in [6.07, 6.45) is 2.35. The maximum atomic E-state index is 13.5. The molecule has 1 unspecified atom stereocenters. The maximum Gasteiger partial charge on any atom is 0.284 e. The second-order valence-corrected chi connectivity index (χ2v) is 7.90. The van der Waals surface area contributed by atoms with E-state index in [-0.39, 0.29) is 23.1 Å². The molecule has 0 bridgehead atoms. The van der Waals surface area contributed by atoms with Crippen molar-refractivity contribution in [1.29, 1.82) is 0 Å². The largest absolute Gasteiger partial charge is 0.368 e. The lowest BCUT2D eigenvalue weighted by Crippen LogP contribution is -2.45. The van der Waals surface area contributed by atoms with Crippen LogP contribution in [0.4, 0.5) is 11.8 Å². The molecule has 4 aromatic heterocycles. The van der Waals surface area contributed by atoms with E-state index in [2.05, 4.69) is 20.2 Å². The Hall–Kier alpha value is -4.12. The number of nitrogen functional groups attached to an aromatic ring is 1. The Kier molecular flexibility index (Phi) is 3.89. The first-order chi connectivity index (χ1) is 15.5. The average molecular weight is 450 g/mol. The summed E-state index contributed by atoms with van der Waals surface area (Å²) in [6.45, 7) is 0.607. The van der Waals surface area contributed by atoms with Crippen LogP contribution in [0.5, 0.6) is 0 Å². The minimum absolute atomic E-state index is 0.0365. The number of rotatable bonds is 3. The van der Waals surface area contributed by atoms with Crippen LogP contribution in [0.2, 0.25) is 5.02 Å². The molecule has 0 radical (unpaired) electrons. The number of aromatic nitrogens is 7. The molecular weight excluding hydrogens is 434 g/mol. The fourth-order valence-corrected chi connectivity index (χ4v) is 4.37. The van der Waals surface area contributed by atoms with E-state index in [1.165, 1.54) is 4.52 Å². The van der Waals surface area contributed by atoms with E-state index in [9.17, 15) is 9.59 Å². The summed E-state index contributed by atoms with van der Waals surface area (Å²) >= 11 is 6.27. The van der Waals surface area contributed by atoms with E-state index in [1.54, 1.807) is 16.8 Å². The molecule has 0 saturated carbocycles. The molecule has 1 fully saturated rings. The molecule has 1 aromatic carbocycles. The number of hydrogen-bond donors (Lipinski definition) is 3. The molecule has 1 aliphatic rings. The van der Waals surface area contributed by atoms with Crippen molar-refractivity contribution in [3.63, 3.8) is 0 Å². The van der Waals surface area contributed by atoms with E-state index in [0.29, 0.717) is 51.9 Å². The molecule has 0 aliphatic carbocycles. The van der Waals surface area contributed by atoms with Gasteiger partial charge in [-0.3, -0.25) is 24.4 Å². The molecule has 1 atom stereocenters. The highest BCUT2D eigenvalue weighted by Crippen LogP contribution is 2.38. The zero-order valence-electron chi connectivity index (χ0n) is 16.5. The minimum Gasteiger partial charge on any atom is -0.368 e. The molecule has 11 nitrogen and oxygen atoms in total. The van der Waals surface area contributed by atoms with E-state index in [0.717, 1.165) is 0 Å². The van der Waals surface area contributed by atoms with Gasteiger partial charge in [-0.15, -0.1) is 0 Å². The number of aromatic amines is 2. The summed E-state index contributed by atoms with van der Waals surface area (Å²) in [5, 5.41) is 10.6. The summed E-state index contributed by atoms with van der Waals surface area (Å²) in [6, 6.07) is 10.6. The van der Waals surface area contributed by atoms with Gasteiger partial charge in [-0.05, 0) is 24.6 Å². The molecule has 12 heteroatoms. The summed E-state index contributed by atoms with van der Waals surface area (Å²) in [5.74, 6) is 0.935. The van der Waals surface area contributed by atoms with Gasteiger partial charge in [0.25, 0.3) is 11.1 Å². The monoisotopic (exact) mass is 449 g/mol. The maximum absolute atomic E-state index is 13.5. The lowest BCUT2D eigenvalue weighted by molar-refractivity contribution is 0.424. The molecule has 160 valence electrons. The molecule has 0 amide bonds. The van der Waals surface area contributed by atoms with Gasteiger partial charge < -0.3 is 10.6 Å². The Morgan fingerprint density at radius 3 is 2.66 bits per heavy atom. The van der Waals surface area contributed by atoms with E-state index in [1.807, 2.05) is 35.2 Å². The van der Waals surface area contributed by atoms with Gasteiger partial charge >= 0.3 is 0 Å². The highest BCUT2D eigenvalue weighted by atomic mass is 35.5. The van der Waals surface area contributed by atoms with Crippen molar-refractivity contribution >= 4 is 39.9 Å². The zero-order valence-corrected chi connectivity index (χ0v) is 17.2. The smallest absolute Gasteiger partial charge is 0.284 e. The highest BCUT2D eigenvalue weighted by molar-refractivity contribution is 6.33. The molecule has 32 heavy (non-hydrogen) atoms. The van der Waals surface area contributed by atoms with Crippen molar-refractivity contribution in [2.45, 2.75) is 12.5 Å². The number of hydrogen-bond acceptors (Lipinski definition) is 7.